The Hall–Kier alpha value is -1.57. The zero-order valence-electron chi connectivity index (χ0n) is 9.48. The molecule has 3 heteroatoms. The van der Waals surface area contributed by atoms with Crippen molar-refractivity contribution in [3.63, 3.8) is 0 Å². The molecule has 2 nitrogen and oxygen atoms in total. The Kier molecular flexibility index (Phi) is 7.78. The summed E-state index contributed by atoms with van der Waals surface area (Å²) in [7, 11) is 0. The largest absolute Gasteiger partial charge is 0.748 e. The molecule has 2 rings (SSSR count). The molecule has 2 aromatic carbocycles. The van der Waals surface area contributed by atoms with Gasteiger partial charge in [0.25, 0.3) is 5.97 Å². The van der Waals surface area contributed by atoms with E-state index in [1.807, 2.05) is 42.5 Å². The van der Waals surface area contributed by atoms with Gasteiger partial charge in [-0.15, -0.1) is 18.2 Å². The number of rotatable bonds is 2. The number of hydrogen-bond acceptors (Lipinski definition) is 1. The van der Waals surface area contributed by atoms with Gasteiger partial charge in [-0.3, -0.25) is 4.79 Å². The van der Waals surface area contributed by atoms with Gasteiger partial charge in [-0.25, -0.2) is 0 Å². The van der Waals surface area contributed by atoms with E-state index in [1.165, 1.54) is 0 Å². The van der Waals surface area contributed by atoms with Crippen LogP contribution in [0.15, 0.2) is 60.7 Å². The van der Waals surface area contributed by atoms with Crippen molar-refractivity contribution in [2.75, 3.05) is 0 Å². The first-order chi connectivity index (χ1) is 7.75. The van der Waals surface area contributed by atoms with Crippen LogP contribution in [0, 0.1) is 0 Å². The van der Waals surface area contributed by atoms with E-state index in [-0.39, 0.29) is 17.1 Å². The molecule has 2 aromatic rings. The Morgan fingerprint density at radius 3 is 1.82 bits per heavy atom. The quantitative estimate of drug-likeness (QED) is 0.516. The van der Waals surface area contributed by atoms with Crippen LogP contribution >= 0.6 is 0 Å². The zero-order valence-corrected chi connectivity index (χ0v) is 10.6. The van der Waals surface area contributed by atoms with Gasteiger partial charge in [0.15, 0.2) is 0 Å². The summed E-state index contributed by atoms with van der Waals surface area (Å²) in [5, 5.41) is 8.68. The summed E-state index contributed by atoms with van der Waals surface area (Å²) in [6.07, 6.45) is 1.59. The molecule has 1 N–H and O–H groups in total. The first-order valence-electron chi connectivity index (χ1n) is 5.04. The van der Waals surface area contributed by atoms with Crippen molar-refractivity contribution >= 4 is 11.5 Å². The molecule has 0 aromatic heterocycles. The second kappa shape index (κ2) is 8.57. The van der Waals surface area contributed by atoms with E-state index in [0.29, 0.717) is 5.57 Å². The van der Waals surface area contributed by atoms with Crippen LogP contribution < -0.4 is 0 Å². The van der Waals surface area contributed by atoms with Gasteiger partial charge >= 0.3 is 0 Å². The molecule has 0 radical (unpaired) electrons. The third kappa shape index (κ3) is 5.34. The average molecular weight is 270 g/mol. The molecule has 0 aliphatic heterocycles. The predicted molar refractivity (Wildman–Crippen MR) is 65.4 cm³/mol. The molecule has 0 heterocycles. The van der Waals surface area contributed by atoms with Crippen LogP contribution in [0.5, 0.6) is 0 Å². The summed E-state index contributed by atoms with van der Waals surface area (Å²) >= 11 is 0. The average Bonchev–Trinajstić information content (AvgIpc) is 2.94. The molecule has 0 unspecified atom stereocenters. The Morgan fingerprint density at radius 2 is 1.53 bits per heavy atom. The van der Waals surface area contributed by atoms with Crippen LogP contribution in [0.1, 0.15) is 12.5 Å². The molecule has 0 atom stereocenters. The predicted octanol–water partition coefficient (Wildman–Crippen LogP) is 3.30. The second-order valence-electron chi connectivity index (χ2n) is 3.14. The van der Waals surface area contributed by atoms with Crippen LogP contribution in [-0.2, 0) is 21.9 Å². The monoisotopic (exact) mass is 270 g/mol. The Labute approximate surface area is 112 Å². The van der Waals surface area contributed by atoms with Gasteiger partial charge in [-0.2, -0.15) is 12.1 Å². The molecule has 0 bridgehead atoms. The minimum atomic E-state index is -0.876. The van der Waals surface area contributed by atoms with Gasteiger partial charge in [0.05, 0.1) is 0 Å². The number of carboxylic acid groups (broad SMARTS) is 1. The fourth-order valence-electron chi connectivity index (χ4n) is 1.29. The van der Waals surface area contributed by atoms with Crippen LogP contribution in [0.3, 0.4) is 0 Å². The Balaban J connectivity index is 0.000000360. The number of carboxylic acids is 1. The van der Waals surface area contributed by atoms with Gasteiger partial charge in [0.1, 0.15) is 0 Å². The molecule has 96 valence electrons. The second-order valence-corrected chi connectivity index (χ2v) is 3.14. The van der Waals surface area contributed by atoms with Crippen molar-refractivity contribution < 1.29 is 27.0 Å². The Bertz CT molecular complexity index is 408. The summed E-state index contributed by atoms with van der Waals surface area (Å²) < 4.78 is 0. The van der Waals surface area contributed by atoms with Crippen LogP contribution in [0.25, 0.3) is 5.57 Å². The normalized spacial score (nSPS) is 9.82. The maximum Gasteiger partial charge on any atom is 0.265 e. The van der Waals surface area contributed by atoms with Gasteiger partial charge in [0.2, 0.25) is 0 Å². The topological polar surface area (TPSA) is 37.3 Å². The molecule has 0 saturated heterocycles. The summed E-state index contributed by atoms with van der Waals surface area (Å²) in [5.41, 5.74) is 1.12. The first kappa shape index (κ1) is 15.4. The van der Waals surface area contributed by atoms with E-state index in [2.05, 4.69) is 0 Å². The fraction of sp³-hybridized carbons (Fsp3) is 0.0714. The van der Waals surface area contributed by atoms with Crippen molar-refractivity contribution in [1.29, 1.82) is 0 Å². The minimum Gasteiger partial charge on any atom is -0.748 e. The van der Waals surface area contributed by atoms with Crippen molar-refractivity contribution in [2.45, 2.75) is 6.92 Å². The molecule has 0 fully saturated rings. The molecule has 0 spiro atoms. The van der Waals surface area contributed by atoms with Gasteiger partial charge in [-0.1, -0.05) is 12.5 Å². The van der Waals surface area contributed by atoms with Crippen LogP contribution in [-0.4, -0.2) is 11.1 Å². The summed E-state index contributed by atoms with van der Waals surface area (Å²) in [6.45, 7) is 1.72. The minimum absolute atomic E-state index is 0. The molecule has 17 heavy (non-hydrogen) atoms. The fourth-order valence-corrected chi connectivity index (χ4v) is 1.29. The van der Waals surface area contributed by atoms with Crippen molar-refractivity contribution in [2.24, 2.45) is 0 Å². The van der Waals surface area contributed by atoms with Gasteiger partial charge in [0, 0.05) is 17.1 Å². The summed E-state index contributed by atoms with van der Waals surface area (Å²) in [5.74, 6) is -0.876. The maximum absolute atomic E-state index is 10.6. The van der Waals surface area contributed by atoms with Crippen LogP contribution in [0.2, 0.25) is 0 Å². The Morgan fingerprint density at radius 1 is 1.12 bits per heavy atom. The van der Waals surface area contributed by atoms with Crippen molar-refractivity contribution in [3.05, 3.63) is 66.2 Å². The van der Waals surface area contributed by atoms with E-state index in [9.17, 15) is 4.79 Å². The molecule has 0 aliphatic rings. The third-order valence-corrected chi connectivity index (χ3v) is 2.05. The maximum atomic E-state index is 10.6. The molecular formula is C14H14FeO2-6. The van der Waals surface area contributed by atoms with E-state index >= 15 is 0 Å². The number of allylic oxidation sites excluding steroid dienone is 1. The molecule has 0 amide bonds. The summed E-state index contributed by atoms with van der Waals surface area (Å²) in [6, 6.07) is 17.2. The molecular weight excluding hydrogens is 256 g/mol. The van der Waals surface area contributed by atoms with E-state index in [0.717, 1.165) is 5.56 Å². The van der Waals surface area contributed by atoms with Gasteiger partial charge < -0.3 is 35.4 Å². The summed E-state index contributed by atoms with van der Waals surface area (Å²) in [4.78, 5) is 10.6. The number of aliphatic carboxylic acids is 1. The first-order valence-corrected chi connectivity index (χ1v) is 5.04. The molecule has 0 aliphatic carbocycles. The smallest absolute Gasteiger partial charge is 0.265 e. The zero-order chi connectivity index (χ0) is 11.8. The van der Waals surface area contributed by atoms with Crippen molar-refractivity contribution in [1.82, 2.24) is 0 Å². The van der Waals surface area contributed by atoms with Crippen molar-refractivity contribution in [3.8, 4) is 0 Å². The SMILES string of the molecule is CC=C(C(=O)O)[c-]1cccc1.[Fe].[cH-]1[cH-][cH-][cH-][cH-]1. The number of hydrogen-bond donors (Lipinski definition) is 1. The number of carbonyl (C=O) groups is 1. The van der Waals surface area contributed by atoms with E-state index in [1.54, 1.807) is 25.1 Å². The molecule has 0 saturated carbocycles. The van der Waals surface area contributed by atoms with E-state index < -0.39 is 5.97 Å². The third-order valence-electron chi connectivity index (χ3n) is 2.05. The standard InChI is InChI=1S/C9H9O2.C5H5.Fe/c1-2-8(9(10)11)7-5-3-4-6-7;1-2-4-5-3-1;/h2-6H,1H3,(H,10,11);1-5H;/q-1;-5;. The van der Waals surface area contributed by atoms with Gasteiger partial charge in [-0.05, 0) is 5.57 Å². The van der Waals surface area contributed by atoms with E-state index in [4.69, 9.17) is 5.11 Å². The van der Waals surface area contributed by atoms with Crippen LogP contribution in [0.4, 0.5) is 0 Å².